The Balaban J connectivity index is 3.97. The van der Waals surface area contributed by atoms with Crippen molar-refractivity contribution in [2.45, 2.75) is 25.8 Å². The minimum Gasteiger partial charge on any atom is -0.270 e. The summed E-state index contributed by atoms with van der Waals surface area (Å²) in [5.41, 5.74) is 7.55. The highest BCUT2D eigenvalue weighted by Crippen LogP contribution is 2.14. The van der Waals surface area contributed by atoms with Crippen molar-refractivity contribution >= 4 is 10.1 Å². The molecule has 76 valence electrons. The Labute approximate surface area is 77.6 Å². The van der Waals surface area contributed by atoms with Gasteiger partial charge in [0.05, 0.1) is 12.9 Å². The fraction of sp³-hybridized carbons (Fsp3) is 1.00. The summed E-state index contributed by atoms with van der Waals surface area (Å²) in [7, 11) is -3.40. The van der Waals surface area contributed by atoms with E-state index in [0.29, 0.717) is 6.42 Å². The molecule has 6 nitrogen and oxygen atoms in total. The van der Waals surface area contributed by atoms with Gasteiger partial charge in [-0.25, -0.2) is 0 Å². The van der Waals surface area contributed by atoms with Crippen LogP contribution in [0.3, 0.4) is 0 Å². The first-order chi connectivity index (χ1) is 5.77. The van der Waals surface area contributed by atoms with Gasteiger partial charge >= 0.3 is 0 Å². The molecule has 0 aliphatic rings. The van der Waals surface area contributed by atoms with Crippen LogP contribution in [0.2, 0.25) is 0 Å². The Morgan fingerprint density at radius 3 is 2.46 bits per heavy atom. The molecule has 0 amide bonds. The Kier molecular flexibility index (Phi) is 4.19. The average Bonchev–Trinajstić information content (AvgIpc) is 1.82. The molecule has 0 N–H and O–H groups in total. The highest BCUT2D eigenvalue weighted by molar-refractivity contribution is 7.85. The molecule has 0 bridgehead atoms. The molecule has 0 saturated carbocycles. The Hall–Kier alpha value is -0.780. The van der Waals surface area contributed by atoms with Gasteiger partial charge in [-0.15, -0.1) is 0 Å². The molecule has 0 atom stereocenters. The standard InChI is InChI=1S/C6H13N3O3S/c1-6(2,8-9-7)4-5-12-13(3,10)11/h4-5H2,1-3H3. The third kappa shape index (κ3) is 7.58. The first kappa shape index (κ1) is 12.2. The molecule has 0 saturated heterocycles. The molecule has 13 heavy (non-hydrogen) atoms. The lowest BCUT2D eigenvalue weighted by atomic mass is 10.0. The number of hydrogen-bond acceptors (Lipinski definition) is 4. The molecule has 0 unspecified atom stereocenters. The maximum atomic E-state index is 10.5. The van der Waals surface area contributed by atoms with E-state index < -0.39 is 15.7 Å². The summed E-state index contributed by atoms with van der Waals surface area (Å²) in [6, 6.07) is 0. The second-order valence-electron chi connectivity index (χ2n) is 3.28. The molecule has 7 heteroatoms. The molecule has 0 heterocycles. The molecule has 0 aromatic carbocycles. The van der Waals surface area contributed by atoms with E-state index in [9.17, 15) is 8.42 Å². The quantitative estimate of drug-likeness (QED) is 0.295. The molecule has 0 aliphatic carbocycles. The highest BCUT2D eigenvalue weighted by atomic mass is 32.2. The van der Waals surface area contributed by atoms with E-state index in [1.54, 1.807) is 13.8 Å². The highest BCUT2D eigenvalue weighted by Gasteiger charge is 2.16. The van der Waals surface area contributed by atoms with Crippen molar-refractivity contribution < 1.29 is 12.6 Å². The summed E-state index contributed by atoms with van der Waals surface area (Å²) in [5, 5.41) is 3.48. The molecule has 0 spiro atoms. The Morgan fingerprint density at radius 1 is 1.54 bits per heavy atom. The van der Waals surface area contributed by atoms with Gasteiger partial charge < -0.3 is 0 Å². The maximum absolute atomic E-state index is 10.5. The zero-order valence-electron chi connectivity index (χ0n) is 7.89. The van der Waals surface area contributed by atoms with Crippen molar-refractivity contribution in [1.29, 1.82) is 0 Å². The minimum atomic E-state index is -3.40. The van der Waals surface area contributed by atoms with Crippen LogP contribution in [0.25, 0.3) is 10.4 Å². The van der Waals surface area contributed by atoms with E-state index in [0.717, 1.165) is 6.26 Å². The van der Waals surface area contributed by atoms with Crippen molar-refractivity contribution in [3.05, 3.63) is 10.4 Å². The lowest BCUT2D eigenvalue weighted by Crippen LogP contribution is -2.19. The first-order valence-corrected chi connectivity index (χ1v) is 5.49. The number of hydrogen-bond donors (Lipinski definition) is 0. The average molecular weight is 207 g/mol. The van der Waals surface area contributed by atoms with Gasteiger partial charge in [-0.05, 0) is 12.0 Å². The van der Waals surface area contributed by atoms with Crippen molar-refractivity contribution in [1.82, 2.24) is 0 Å². The van der Waals surface area contributed by atoms with E-state index in [-0.39, 0.29) is 6.61 Å². The third-order valence-corrected chi connectivity index (χ3v) is 1.92. The van der Waals surface area contributed by atoms with Crippen molar-refractivity contribution in [2.24, 2.45) is 5.11 Å². The largest absolute Gasteiger partial charge is 0.270 e. The predicted octanol–water partition coefficient (Wildman–Crippen LogP) is 1.44. The van der Waals surface area contributed by atoms with Crippen molar-refractivity contribution in [2.75, 3.05) is 12.9 Å². The van der Waals surface area contributed by atoms with Crippen LogP contribution in [0.5, 0.6) is 0 Å². The molecule has 0 aromatic heterocycles. The molecular formula is C6H13N3O3S. The lowest BCUT2D eigenvalue weighted by Gasteiger charge is -2.16. The van der Waals surface area contributed by atoms with Crippen molar-refractivity contribution in [3.63, 3.8) is 0 Å². The summed E-state index contributed by atoms with van der Waals surface area (Å²) in [6.07, 6.45) is 1.34. The lowest BCUT2D eigenvalue weighted by molar-refractivity contribution is 0.280. The molecule has 0 aromatic rings. The maximum Gasteiger partial charge on any atom is 0.264 e. The first-order valence-electron chi connectivity index (χ1n) is 3.67. The second kappa shape index (κ2) is 4.45. The summed E-state index contributed by atoms with van der Waals surface area (Å²) in [6.45, 7) is 3.45. The van der Waals surface area contributed by atoms with E-state index in [1.807, 2.05) is 0 Å². The molecule has 0 radical (unpaired) electrons. The number of azide groups is 1. The van der Waals surface area contributed by atoms with Gasteiger partial charge in [-0.2, -0.15) is 8.42 Å². The zero-order valence-corrected chi connectivity index (χ0v) is 8.71. The van der Waals surface area contributed by atoms with Gasteiger partial charge in [0.25, 0.3) is 10.1 Å². The monoisotopic (exact) mass is 207 g/mol. The van der Waals surface area contributed by atoms with E-state index >= 15 is 0 Å². The topological polar surface area (TPSA) is 92.1 Å². The van der Waals surface area contributed by atoms with Crippen LogP contribution in [0, 0.1) is 0 Å². The normalized spacial score (nSPS) is 12.2. The van der Waals surface area contributed by atoms with E-state index in [4.69, 9.17) is 5.53 Å². The van der Waals surface area contributed by atoms with Crippen LogP contribution in [0.15, 0.2) is 5.11 Å². The van der Waals surface area contributed by atoms with Crippen molar-refractivity contribution in [3.8, 4) is 0 Å². The van der Waals surface area contributed by atoms with Crippen LogP contribution < -0.4 is 0 Å². The summed E-state index contributed by atoms with van der Waals surface area (Å²) >= 11 is 0. The molecule has 0 fully saturated rings. The fourth-order valence-electron chi connectivity index (χ4n) is 0.614. The molecule has 0 rings (SSSR count). The van der Waals surface area contributed by atoms with Gasteiger partial charge in [0, 0.05) is 10.5 Å². The summed E-state index contributed by atoms with van der Waals surface area (Å²) in [5.74, 6) is 0. The zero-order chi connectivity index (χ0) is 10.5. The van der Waals surface area contributed by atoms with Gasteiger partial charge in [0.2, 0.25) is 0 Å². The van der Waals surface area contributed by atoms with Gasteiger partial charge in [0.15, 0.2) is 0 Å². The van der Waals surface area contributed by atoms with E-state index in [2.05, 4.69) is 14.2 Å². The van der Waals surface area contributed by atoms with Crippen LogP contribution in [-0.2, 0) is 14.3 Å². The van der Waals surface area contributed by atoms with Gasteiger partial charge in [-0.1, -0.05) is 19.0 Å². The number of nitrogens with zero attached hydrogens (tertiary/aromatic N) is 3. The Morgan fingerprint density at radius 2 is 2.08 bits per heavy atom. The smallest absolute Gasteiger partial charge is 0.264 e. The predicted molar refractivity (Wildman–Crippen MR) is 48.6 cm³/mol. The van der Waals surface area contributed by atoms with E-state index in [1.165, 1.54) is 0 Å². The molecular weight excluding hydrogens is 194 g/mol. The van der Waals surface area contributed by atoms with Gasteiger partial charge in [-0.3, -0.25) is 4.18 Å². The van der Waals surface area contributed by atoms with Crippen LogP contribution >= 0.6 is 0 Å². The minimum absolute atomic E-state index is 0.0326. The molecule has 0 aliphatic heterocycles. The fourth-order valence-corrected chi connectivity index (χ4v) is 1.000. The van der Waals surface area contributed by atoms with Crippen LogP contribution in [-0.4, -0.2) is 26.8 Å². The summed E-state index contributed by atoms with van der Waals surface area (Å²) in [4.78, 5) is 2.64. The van der Waals surface area contributed by atoms with Crippen LogP contribution in [0.1, 0.15) is 20.3 Å². The second-order valence-corrected chi connectivity index (χ2v) is 4.92. The van der Waals surface area contributed by atoms with Gasteiger partial charge in [0.1, 0.15) is 0 Å². The van der Waals surface area contributed by atoms with Crippen LogP contribution in [0.4, 0.5) is 0 Å². The number of rotatable bonds is 5. The SMILES string of the molecule is CC(C)(CCOS(C)(=O)=O)N=[N+]=[N-]. The third-order valence-electron chi connectivity index (χ3n) is 1.33. The summed E-state index contributed by atoms with van der Waals surface area (Å²) < 4.78 is 25.6. The Bertz CT molecular complexity index is 303.